The van der Waals surface area contributed by atoms with E-state index in [1.165, 1.54) is 12.0 Å². The monoisotopic (exact) mass is 313 g/mol. The summed E-state index contributed by atoms with van der Waals surface area (Å²) in [4.78, 5) is 0. The van der Waals surface area contributed by atoms with Crippen LogP contribution in [0.3, 0.4) is 0 Å². The molecular weight excluding hydrogens is 290 g/mol. The van der Waals surface area contributed by atoms with Gasteiger partial charge in [-0.05, 0) is 58.9 Å². The van der Waals surface area contributed by atoms with E-state index in [4.69, 9.17) is 4.74 Å². The Morgan fingerprint density at radius 2 is 2.06 bits per heavy atom. The molecule has 1 N–H and O–H groups in total. The molecule has 3 heteroatoms. The standard InChI is InChI=1S/C15H24BrNO/c1-5-17-13(8-11(2)3)9-12-6-7-15(18-4)14(16)10-12/h6-7,10-11,13,17H,5,8-9H2,1-4H3. The number of ether oxygens (including phenoxy) is 1. The van der Waals surface area contributed by atoms with E-state index in [0.29, 0.717) is 6.04 Å². The Hall–Kier alpha value is -0.540. The summed E-state index contributed by atoms with van der Waals surface area (Å²) >= 11 is 3.54. The number of methoxy groups -OCH3 is 1. The minimum absolute atomic E-state index is 0.551. The van der Waals surface area contributed by atoms with Crippen LogP contribution in [0.15, 0.2) is 22.7 Å². The lowest BCUT2D eigenvalue weighted by Crippen LogP contribution is -2.32. The first-order chi connectivity index (χ1) is 8.56. The van der Waals surface area contributed by atoms with E-state index in [1.54, 1.807) is 7.11 Å². The van der Waals surface area contributed by atoms with Crippen LogP contribution in [0.2, 0.25) is 0 Å². The maximum absolute atomic E-state index is 5.25. The third-order valence-electron chi connectivity index (χ3n) is 2.95. The average molecular weight is 314 g/mol. The smallest absolute Gasteiger partial charge is 0.133 e. The second-order valence-electron chi connectivity index (χ2n) is 5.06. The molecule has 0 aromatic heterocycles. The van der Waals surface area contributed by atoms with Crippen LogP contribution in [-0.4, -0.2) is 19.7 Å². The van der Waals surface area contributed by atoms with Gasteiger partial charge in [-0.2, -0.15) is 0 Å². The summed E-state index contributed by atoms with van der Waals surface area (Å²) in [6.45, 7) is 7.73. The highest BCUT2D eigenvalue weighted by atomic mass is 79.9. The molecule has 102 valence electrons. The lowest BCUT2D eigenvalue weighted by atomic mass is 9.97. The molecule has 0 bridgehead atoms. The van der Waals surface area contributed by atoms with Crippen LogP contribution >= 0.6 is 15.9 Å². The van der Waals surface area contributed by atoms with Gasteiger partial charge >= 0.3 is 0 Å². The number of hydrogen-bond acceptors (Lipinski definition) is 2. The van der Waals surface area contributed by atoms with Crippen LogP contribution in [0, 0.1) is 5.92 Å². The van der Waals surface area contributed by atoms with E-state index in [1.807, 2.05) is 6.07 Å². The summed E-state index contributed by atoms with van der Waals surface area (Å²) < 4.78 is 6.28. The topological polar surface area (TPSA) is 21.3 Å². The molecule has 1 unspecified atom stereocenters. The van der Waals surface area contributed by atoms with Gasteiger partial charge in [0, 0.05) is 6.04 Å². The third-order valence-corrected chi connectivity index (χ3v) is 3.57. The van der Waals surface area contributed by atoms with Crippen LogP contribution in [0.25, 0.3) is 0 Å². The van der Waals surface area contributed by atoms with Gasteiger partial charge in [0.1, 0.15) is 5.75 Å². The van der Waals surface area contributed by atoms with Gasteiger partial charge < -0.3 is 10.1 Å². The minimum atomic E-state index is 0.551. The maximum atomic E-state index is 5.25. The molecule has 18 heavy (non-hydrogen) atoms. The molecule has 0 heterocycles. The van der Waals surface area contributed by atoms with Crippen molar-refractivity contribution in [1.82, 2.24) is 5.32 Å². The lowest BCUT2D eigenvalue weighted by molar-refractivity contribution is 0.410. The molecule has 1 atom stereocenters. The van der Waals surface area contributed by atoms with Gasteiger partial charge in [-0.25, -0.2) is 0 Å². The van der Waals surface area contributed by atoms with E-state index in [9.17, 15) is 0 Å². The number of hydrogen-bond donors (Lipinski definition) is 1. The highest BCUT2D eigenvalue weighted by molar-refractivity contribution is 9.10. The average Bonchev–Trinajstić information content (AvgIpc) is 2.28. The minimum Gasteiger partial charge on any atom is -0.496 e. The molecule has 1 aromatic carbocycles. The third kappa shape index (κ3) is 4.99. The predicted octanol–water partition coefficient (Wildman–Crippen LogP) is 4.02. The lowest BCUT2D eigenvalue weighted by Gasteiger charge is -2.20. The van der Waals surface area contributed by atoms with Gasteiger partial charge in [0.2, 0.25) is 0 Å². The molecule has 2 nitrogen and oxygen atoms in total. The fraction of sp³-hybridized carbons (Fsp3) is 0.600. The van der Waals surface area contributed by atoms with Crippen molar-refractivity contribution >= 4 is 15.9 Å². The number of rotatable bonds is 7. The predicted molar refractivity (Wildman–Crippen MR) is 81.3 cm³/mol. The van der Waals surface area contributed by atoms with E-state index in [-0.39, 0.29) is 0 Å². The summed E-state index contributed by atoms with van der Waals surface area (Å²) in [7, 11) is 1.69. The van der Waals surface area contributed by atoms with Crippen molar-refractivity contribution in [3.63, 3.8) is 0 Å². The number of benzene rings is 1. The zero-order chi connectivity index (χ0) is 13.5. The van der Waals surface area contributed by atoms with Crippen LogP contribution < -0.4 is 10.1 Å². The molecule has 0 saturated carbocycles. The van der Waals surface area contributed by atoms with Gasteiger partial charge in [-0.3, -0.25) is 0 Å². The number of halogens is 1. The van der Waals surface area contributed by atoms with E-state index in [0.717, 1.165) is 29.1 Å². The summed E-state index contributed by atoms with van der Waals surface area (Å²) in [5, 5.41) is 3.56. The van der Waals surface area contributed by atoms with Crippen molar-refractivity contribution in [2.75, 3.05) is 13.7 Å². The van der Waals surface area contributed by atoms with Crippen molar-refractivity contribution in [2.45, 2.75) is 39.7 Å². The Morgan fingerprint density at radius 1 is 1.33 bits per heavy atom. The molecular formula is C15H24BrNO. The first-order valence-corrected chi connectivity index (χ1v) is 7.41. The van der Waals surface area contributed by atoms with Gasteiger partial charge in [-0.1, -0.05) is 26.8 Å². The van der Waals surface area contributed by atoms with Crippen molar-refractivity contribution in [1.29, 1.82) is 0 Å². The van der Waals surface area contributed by atoms with Crippen LogP contribution in [0.4, 0.5) is 0 Å². The molecule has 0 saturated heterocycles. The van der Waals surface area contributed by atoms with Crippen molar-refractivity contribution in [3.8, 4) is 5.75 Å². The quantitative estimate of drug-likeness (QED) is 0.820. The van der Waals surface area contributed by atoms with Gasteiger partial charge in [0.05, 0.1) is 11.6 Å². The molecule has 0 radical (unpaired) electrons. The Balaban J connectivity index is 2.71. The number of nitrogens with one attached hydrogen (secondary N) is 1. The second-order valence-corrected chi connectivity index (χ2v) is 5.91. The number of likely N-dealkylation sites (N-methyl/N-ethyl adjacent to an activating group) is 1. The van der Waals surface area contributed by atoms with Gasteiger partial charge in [0.25, 0.3) is 0 Å². The van der Waals surface area contributed by atoms with E-state index >= 15 is 0 Å². The molecule has 0 aliphatic heterocycles. The zero-order valence-corrected chi connectivity index (χ0v) is 13.4. The molecule has 0 amide bonds. The first-order valence-electron chi connectivity index (χ1n) is 6.62. The van der Waals surface area contributed by atoms with Crippen molar-refractivity contribution in [2.24, 2.45) is 5.92 Å². The fourth-order valence-corrected chi connectivity index (χ4v) is 2.81. The molecule has 0 fully saturated rings. The van der Waals surface area contributed by atoms with Gasteiger partial charge in [0.15, 0.2) is 0 Å². The molecule has 0 aliphatic carbocycles. The van der Waals surface area contributed by atoms with Crippen LogP contribution in [0.5, 0.6) is 5.75 Å². The zero-order valence-electron chi connectivity index (χ0n) is 11.8. The Kier molecular flexibility index (Phi) is 6.72. The second kappa shape index (κ2) is 7.80. The molecule has 1 aromatic rings. The summed E-state index contributed by atoms with van der Waals surface area (Å²) in [5.41, 5.74) is 1.34. The first kappa shape index (κ1) is 15.5. The van der Waals surface area contributed by atoms with E-state index in [2.05, 4.69) is 54.2 Å². The van der Waals surface area contributed by atoms with E-state index < -0.39 is 0 Å². The SMILES string of the molecule is CCNC(Cc1ccc(OC)c(Br)c1)CC(C)C. The highest BCUT2D eigenvalue weighted by Gasteiger charge is 2.11. The summed E-state index contributed by atoms with van der Waals surface area (Å²) in [5.74, 6) is 1.61. The maximum Gasteiger partial charge on any atom is 0.133 e. The normalized spacial score (nSPS) is 12.8. The summed E-state index contributed by atoms with van der Waals surface area (Å²) in [6, 6.07) is 6.88. The molecule has 1 rings (SSSR count). The molecule has 0 aliphatic rings. The van der Waals surface area contributed by atoms with Gasteiger partial charge in [-0.15, -0.1) is 0 Å². The van der Waals surface area contributed by atoms with Crippen LogP contribution in [0.1, 0.15) is 32.8 Å². The fourth-order valence-electron chi connectivity index (χ4n) is 2.22. The van der Waals surface area contributed by atoms with Crippen molar-refractivity contribution in [3.05, 3.63) is 28.2 Å². The largest absolute Gasteiger partial charge is 0.496 e. The Morgan fingerprint density at radius 3 is 2.56 bits per heavy atom. The summed E-state index contributed by atoms with van der Waals surface area (Å²) in [6.07, 6.45) is 2.27. The Bertz CT molecular complexity index is 366. The highest BCUT2D eigenvalue weighted by Crippen LogP contribution is 2.26. The van der Waals surface area contributed by atoms with Crippen molar-refractivity contribution < 1.29 is 4.74 Å². The Labute approximate surface area is 119 Å². The molecule has 0 spiro atoms. The van der Waals surface area contributed by atoms with Crippen LogP contribution in [-0.2, 0) is 6.42 Å².